The predicted molar refractivity (Wildman–Crippen MR) is 55.2 cm³/mol. The number of nitrogens with two attached hydrogens (primary N) is 1. The van der Waals surface area contributed by atoms with Crippen LogP contribution in [0.5, 0.6) is 5.75 Å². The Bertz CT molecular complexity index is 525. The fraction of sp³-hybridized carbons (Fsp3) is 0.222. The third kappa shape index (κ3) is 1.56. The molecule has 7 heteroatoms. The molecule has 0 aliphatic carbocycles. The third-order valence-corrected chi connectivity index (χ3v) is 2.18. The van der Waals surface area contributed by atoms with E-state index in [9.17, 15) is 4.39 Å². The zero-order chi connectivity index (χ0) is 11.7. The molecule has 0 unspecified atom stereocenters. The van der Waals surface area contributed by atoms with Gasteiger partial charge < -0.3 is 10.5 Å². The van der Waals surface area contributed by atoms with Crippen LogP contribution in [0, 0.1) is 5.82 Å². The number of rotatable bonds is 2. The maximum absolute atomic E-state index is 13.7. The molecular weight excluding hydrogens is 213 g/mol. The molecule has 0 bridgehead atoms. The number of nitrogen functional groups attached to an aromatic ring is 1. The highest BCUT2D eigenvalue weighted by Crippen LogP contribution is 2.29. The van der Waals surface area contributed by atoms with Gasteiger partial charge in [0.05, 0.1) is 18.4 Å². The van der Waals surface area contributed by atoms with Crippen molar-refractivity contribution in [2.75, 3.05) is 12.8 Å². The number of nitrogens with zero attached hydrogens (tertiary/aromatic N) is 4. The van der Waals surface area contributed by atoms with E-state index in [2.05, 4.69) is 15.5 Å². The summed E-state index contributed by atoms with van der Waals surface area (Å²) in [6, 6.07) is 2.65. The lowest BCUT2D eigenvalue weighted by Crippen LogP contribution is -2.00. The molecule has 6 nitrogen and oxygen atoms in total. The van der Waals surface area contributed by atoms with E-state index in [-0.39, 0.29) is 11.3 Å². The number of aryl methyl sites for hydroxylation is 1. The lowest BCUT2D eigenvalue weighted by atomic mass is 10.1. The maximum atomic E-state index is 13.7. The van der Waals surface area contributed by atoms with Gasteiger partial charge in [0.2, 0.25) is 0 Å². The molecule has 0 saturated carbocycles. The summed E-state index contributed by atoms with van der Waals surface area (Å²) < 4.78 is 20.0. The monoisotopic (exact) mass is 223 g/mol. The highest BCUT2D eigenvalue weighted by molar-refractivity contribution is 5.66. The highest BCUT2D eigenvalue weighted by atomic mass is 19.1. The van der Waals surface area contributed by atoms with Crippen molar-refractivity contribution in [1.29, 1.82) is 0 Å². The molecule has 0 radical (unpaired) electrons. The van der Waals surface area contributed by atoms with E-state index in [1.807, 2.05) is 0 Å². The van der Waals surface area contributed by atoms with Crippen LogP contribution in [0.4, 0.5) is 10.1 Å². The number of anilines is 1. The molecular formula is C9H10FN5O. The van der Waals surface area contributed by atoms with E-state index in [0.717, 1.165) is 0 Å². The number of hydrogen-bond acceptors (Lipinski definition) is 5. The molecule has 0 atom stereocenters. The Balaban J connectivity index is 2.61. The van der Waals surface area contributed by atoms with Gasteiger partial charge in [-0.1, -0.05) is 0 Å². The molecule has 0 aliphatic heterocycles. The topological polar surface area (TPSA) is 78.9 Å². The van der Waals surface area contributed by atoms with E-state index in [1.54, 1.807) is 7.05 Å². The zero-order valence-electron chi connectivity index (χ0n) is 8.81. The van der Waals surface area contributed by atoms with Crippen molar-refractivity contribution in [3.63, 3.8) is 0 Å². The van der Waals surface area contributed by atoms with Gasteiger partial charge in [-0.05, 0) is 16.5 Å². The van der Waals surface area contributed by atoms with E-state index in [1.165, 1.54) is 23.9 Å². The van der Waals surface area contributed by atoms with Gasteiger partial charge in [-0.25, -0.2) is 9.07 Å². The summed E-state index contributed by atoms with van der Waals surface area (Å²) in [6.07, 6.45) is 0. The van der Waals surface area contributed by atoms with E-state index >= 15 is 0 Å². The van der Waals surface area contributed by atoms with Crippen molar-refractivity contribution in [3.05, 3.63) is 17.9 Å². The molecule has 1 aromatic heterocycles. The van der Waals surface area contributed by atoms with Gasteiger partial charge in [0.15, 0.2) is 5.82 Å². The van der Waals surface area contributed by atoms with E-state index < -0.39 is 5.82 Å². The highest BCUT2D eigenvalue weighted by Gasteiger charge is 2.14. The van der Waals surface area contributed by atoms with Gasteiger partial charge in [0.25, 0.3) is 0 Å². The average Bonchev–Trinajstić information content (AvgIpc) is 2.65. The second-order valence-corrected chi connectivity index (χ2v) is 3.20. The van der Waals surface area contributed by atoms with Crippen molar-refractivity contribution in [2.24, 2.45) is 7.05 Å². The van der Waals surface area contributed by atoms with Gasteiger partial charge in [-0.3, -0.25) is 0 Å². The van der Waals surface area contributed by atoms with Gasteiger partial charge in [-0.15, -0.1) is 5.10 Å². The number of ether oxygens (including phenoxy) is 1. The molecule has 84 valence electrons. The van der Waals surface area contributed by atoms with Crippen LogP contribution in [0.1, 0.15) is 0 Å². The molecule has 0 spiro atoms. The smallest absolute Gasteiger partial charge is 0.184 e. The summed E-state index contributed by atoms with van der Waals surface area (Å²) in [5, 5.41) is 10.8. The normalized spacial score (nSPS) is 10.4. The quantitative estimate of drug-likeness (QED) is 0.754. The number of tetrazole rings is 1. The van der Waals surface area contributed by atoms with E-state index in [4.69, 9.17) is 10.5 Å². The lowest BCUT2D eigenvalue weighted by molar-refractivity contribution is 0.416. The molecule has 0 saturated heterocycles. The van der Waals surface area contributed by atoms with Gasteiger partial charge in [-0.2, -0.15) is 0 Å². The van der Waals surface area contributed by atoms with Crippen LogP contribution in [-0.4, -0.2) is 27.3 Å². The number of benzene rings is 1. The van der Waals surface area contributed by atoms with Gasteiger partial charge >= 0.3 is 0 Å². The van der Waals surface area contributed by atoms with Crippen LogP contribution < -0.4 is 10.5 Å². The lowest BCUT2D eigenvalue weighted by Gasteiger charge is -2.07. The number of halogens is 1. The zero-order valence-corrected chi connectivity index (χ0v) is 8.81. The molecule has 2 aromatic rings. The minimum Gasteiger partial charge on any atom is -0.495 e. The van der Waals surface area contributed by atoms with Crippen LogP contribution in [0.3, 0.4) is 0 Å². The largest absolute Gasteiger partial charge is 0.495 e. The first-order chi connectivity index (χ1) is 7.63. The molecule has 2 rings (SSSR count). The summed E-state index contributed by atoms with van der Waals surface area (Å²) >= 11 is 0. The van der Waals surface area contributed by atoms with E-state index in [0.29, 0.717) is 11.6 Å². The molecule has 0 aliphatic rings. The summed E-state index contributed by atoms with van der Waals surface area (Å²) in [7, 11) is 3.08. The van der Waals surface area contributed by atoms with Crippen LogP contribution in [0.2, 0.25) is 0 Å². The Morgan fingerprint density at radius 3 is 2.75 bits per heavy atom. The molecule has 0 amide bonds. The first-order valence-electron chi connectivity index (χ1n) is 4.49. The summed E-state index contributed by atoms with van der Waals surface area (Å²) in [5.74, 6) is 0.214. The minimum absolute atomic E-state index is 0.235. The molecule has 1 heterocycles. The third-order valence-electron chi connectivity index (χ3n) is 2.18. The average molecular weight is 223 g/mol. The summed E-state index contributed by atoms with van der Waals surface area (Å²) in [4.78, 5) is 0. The Morgan fingerprint density at radius 1 is 1.44 bits per heavy atom. The summed E-state index contributed by atoms with van der Waals surface area (Å²) in [5.41, 5.74) is 6.05. The van der Waals surface area contributed by atoms with Crippen molar-refractivity contribution in [3.8, 4) is 17.1 Å². The predicted octanol–water partition coefficient (Wildman–Crippen LogP) is 0.607. The van der Waals surface area contributed by atoms with Crippen LogP contribution >= 0.6 is 0 Å². The maximum Gasteiger partial charge on any atom is 0.184 e. The van der Waals surface area contributed by atoms with Gasteiger partial charge in [0, 0.05) is 13.1 Å². The van der Waals surface area contributed by atoms with Crippen molar-refractivity contribution < 1.29 is 9.13 Å². The summed E-state index contributed by atoms with van der Waals surface area (Å²) in [6.45, 7) is 0. The van der Waals surface area contributed by atoms with Crippen LogP contribution in [-0.2, 0) is 7.05 Å². The molecule has 0 fully saturated rings. The molecule has 16 heavy (non-hydrogen) atoms. The SMILES string of the molecule is COc1cc(-c2nnnn2C)c(F)cc1N. The fourth-order valence-corrected chi connectivity index (χ4v) is 1.37. The second-order valence-electron chi connectivity index (χ2n) is 3.20. The Morgan fingerprint density at radius 2 is 2.19 bits per heavy atom. The first kappa shape index (κ1) is 10.3. The minimum atomic E-state index is -0.490. The van der Waals surface area contributed by atoms with Gasteiger partial charge in [0.1, 0.15) is 11.6 Å². The standard InChI is InChI=1S/C9H10FN5O/c1-15-9(12-13-14-15)5-3-8(16-2)7(11)4-6(5)10/h3-4H,11H2,1-2H3. The first-order valence-corrected chi connectivity index (χ1v) is 4.49. The van der Waals surface area contributed by atoms with Crippen molar-refractivity contribution >= 4 is 5.69 Å². The molecule has 1 aromatic carbocycles. The van der Waals surface area contributed by atoms with Crippen LogP contribution in [0.15, 0.2) is 12.1 Å². The number of hydrogen-bond donors (Lipinski definition) is 1. The number of aromatic nitrogens is 4. The Labute approximate surface area is 90.8 Å². The van der Waals surface area contributed by atoms with Crippen molar-refractivity contribution in [1.82, 2.24) is 20.2 Å². The molecule has 2 N–H and O–H groups in total. The Kier molecular flexibility index (Phi) is 2.43. The van der Waals surface area contributed by atoms with Crippen molar-refractivity contribution in [2.45, 2.75) is 0 Å². The number of methoxy groups -OCH3 is 1. The Hall–Kier alpha value is -2.18. The van der Waals surface area contributed by atoms with Crippen LogP contribution in [0.25, 0.3) is 11.4 Å². The second kappa shape index (κ2) is 3.76. The fourth-order valence-electron chi connectivity index (χ4n) is 1.37.